The summed E-state index contributed by atoms with van der Waals surface area (Å²) in [5.41, 5.74) is 0.992. The molecule has 0 saturated heterocycles. The number of carbonyl (C=O) groups excluding carboxylic acids is 1. The van der Waals surface area contributed by atoms with Gasteiger partial charge in [0.25, 0.3) is 0 Å². The van der Waals surface area contributed by atoms with Gasteiger partial charge in [0.2, 0.25) is 5.91 Å². The Hall–Kier alpha value is -2.21. The van der Waals surface area contributed by atoms with Gasteiger partial charge in [-0.05, 0) is 57.8 Å². The van der Waals surface area contributed by atoms with Crippen molar-refractivity contribution in [2.24, 2.45) is 5.92 Å². The number of furan rings is 1. The number of hydrogen-bond acceptors (Lipinski definition) is 4. The Bertz CT molecular complexity index is 797. The molecule has 26 heavy (non-hydrogen) atoms. The van der Waals surface area contributed by atoms with Gasteiger partial charge in [0.1, 0.15) is 5.76 Å². The average molecular weight is 420 g/mol. The largest absolute Gasteiger partial charge is 0.490 e. The Morgan fingerprint density at radius 2 is 1.92 bits per heavy atom. The van der Waals surface area contributed by atoms with Gasteiger partial charge in [-0.3, -0.25) is 4.79 Å². The molecule has 0 aliphatic carbocycles. The molecular weight excluding hydrogens is 398 g/mol. The molecule has 6 heteroatoms. The summed E-state index contributed by atoms with van der Waals surface area (Å²) in [6, 6.07) is 9.29. The van der Waals surface area contributed by atoms with Crippen LogP contribution in [0.1, 0.15) is 37.6 Å². The van der Waals surface area contributed by atoms with Gasteiger partial charge in [-0.1, -0.05) is 19.9 Å². The smallest absolute Gasteiger partial charge is 0.244 e. The molecule has 1 unspecified atom stereocenters. The summed E-state index contributed by atoms with van der Waals surface area (Å²) in [4.78, 5) is 12.3. The maximum atomic E-state index is 12.3. The second-order valence-electron chi connectivity index (χ2n) is 6.46. The third-order valence-electron chi connectivity index (χ3n) is 4.09. The highest BCUT2D eigenvalue weighted by molar-refractivity contribution is 9.10. The highest BCUT2D eigenvalue weighted by Crippen LogP contribution is 2.34. The summed E-state index contributed by atoms with van der Waals surface area (Å²) in [5.74, 6) is 2.14. The Labute approximate surface area is 161 Å². The first-order valence-electron chi connectivity index (χ1n) is 8.66. The first-order valence-corrected chi connectivity index (χ1v) is 9.45. The monoisotopic (exact) mass is 419 g/mol. The summed E-state index contributed by atoms with van der Waals surface area (Å²) in [5, 5.41) is 3.06. The van der Waals surface area contributed by atoms with Gasteiger partial charge in [-0.2, -0.15) is 0 Å². The van der Waals surface area contributed by atoms with E-state index in [4.69, 9.17) is 13.9 Å². The van der Waals surface area contributed by atoms with Crippen molar-refractivity contribution < 1.29 is 18.7 Å². The number of carbonyl (C=O) groups is 1. The zero-order chi connectivity index (χ0) is 18.5. The van der Waals surface area contributed by atoms with Crippen LogP contribution in [0.2, 0.25) is 0 Å². The molecule has 1 aromatic heterocycles. The van der Waals surface area contributed by atoms with Gasteiger partial charge in [0.15, 0.2) is 16.2 Å². The standard InChI is InChI=1S/C20H22BrNO4/c1-13(2)20(22-19(23)9-6-15-5-8-18(21)26-15)14-4-7-16-17(12-14)25-11-3-10-24-16/h4-9,12-13,20H,3,10-11H2,1-2H3,(H,22,23)/b9-6+. The van der Waals surface area contributed by atoms with E-state index < -0.39 is 0 Å². The predicted octanol–water partition coefficient (Wildman–Crippen LogP) is 4.73. The molecule has 3 rings (SSSR count). The first-order chi connectivity index (χ1) is 12.5. The Kier molecular flexibility index (Phi) is 6.04. The molecule has 5 nitrogen and oxygen atoms in total. The fraction of sp³-hybridized carbons (Fsp3) is 0.350. The van der Waals surface area contributed by atoms with E-state index in [0.717, 1.165) is 23.5 Å². The second-order valence-corrected chi connectivity index (χ2v) is 7.24. The van der Waals surface area contributed by atoms with Crippen molar-refractivity contribution in [1.29, 1.82) is 0 Å². The molecule has 138 valence electrons. The number of hydrogen-bond donors (Lipinski definition) is 1. The van der Waals surface area contributed by atoms with Crippen molar-refractivity contribution in [2.75, 3.05) is 13.2 Å². The average Bonchev–Trinajstić information content (AvgIpc) is 2.89. The molecule has 0 spiro atoms. The molecule has 2 heterocycles. The first kappa shape index (κ1) is 18.6. The topological polar surface area (TPSA) is 60.7 Å². The van der Waals surface area contributed by atoms with Crippen LogP contribution < -0.4 is 14.8 Å². The van der Waals surface area contributed by atoms with Crippen LogP contribution >= 0.6 is 15.9 Å². The van der Waals surface area contributed by atoms with E-state index in [9.17, 15) is 4.79 Å². The van der Waals surface area contributed by atoms with Gasteiger partial charge in [0.05, 0.1) is 19.3 Å². The lowest BCUT2D eigenvalue weighted by atomic mass is 9.95. The van der Waals surface area contributed by atoms with Crippen LogP contribution in [0.3, 0.4) is 0 Å². The van der Waals surface area contributed by atoms with E-state index >= 15 is 0 Å². The minimum atomic E-state index is -0.177. The third kappa shape index (κ3) is 4.69. The van der Waals surface area contributed by atoms with E-state index in [2.05, 4.69) is 35.1 Å². The molecule has 0 radical (unpaired) electrons. The van der Waals surface area contributed by atoms with E-state index in [1.807, 2.05) is 18.2 Å². The molecule has 0 bridgehead atoms. The van der Waals surface area contributed by atoms with Crippen molar-refractivity contribution in [2.45, 2.75) is 26.3 Å². The van der Waals surface area contributed by atoms with Gasteiger partial charge in [-0.25, -0.2) is 0 Å². The van der Waals surface area contributed by atoms with Gasteiger partial charge in [-0.15, -0.1) is 0 Å². The summed E-state index contributed by atoms with van der Waals surface area (Å²) < 4.78 is 17.4. The fourth-order valence-electron chi connectivity index (χ4n) is 2.79. The number of halogens is 1. The second kappa shape index (κ2) is 8.45. The van der Waals surface area contributed by atoms with Gasteiger partial charge < -0.3 is 19.2 Å². The minimum Gasteiger partial charge on any atom is -0.490 e. The summed E-state index contributed by atoms with van der Waals surface area (Å²) in [6.07, 6.45) is 3.98. The molecule has 0 saturated carbocycles. The molecule has 1 N–H and O–H groups in total. The van der Waals surface area contributed by atoms with E-state index in [0.29, 0.717) is 23.6 Å². The third-order valence-corrected chi connectivity index (χ3v) is 4.51. The van der Waals surface area contributed by atoms with Crippen LogP contribution in [0.15, 0.2) is 45.5 Å². The van der Waals surface area contributed by atoms with Crippen LogP contribution in [0, 0.1) is 5.92 Å². The summed E-state index contributed by atoms with van der Waals surface area (Å²) in [6.45, 7) is 5.43. The maximum absolute atomic E-state index is 12.3. The zero-order valence-corrected chi connectivity index (χ0v) is 16.4. The Morgan fingerprint density at radius 3 is 2.62 bits per heavy atom. The van der Waals surface area contributed by atoms with E-state index in [1.165, 1.54) is 6.08 Å². The molecule has 1 amide bonds. The molecular formula is C20H22BrNO4. The highest BCUT2D eigenvalue weighted by Gasteiger charge is 2.20. The van der Waals surface area contributed by atoms with Crippen LogP contribution in [-0.2, 0) is 4.79 Å². The van der Waals surface area contributed by atoms with Crippen molar-refractivity contribution in [1.82, 2.24) is 5.32 Å². The molecule has 1 aliphatic rings. The number of rotatable bonds is 5. The lowest BCUT2D eigenvalue weighted by Gasteiger charge is -2.23. The van der Waals surface area contributed by atoms with Gasteiger partial charge >= 0.3 is 0 Å². The number of ether oxygens (including phenoxy) is 2. The van der Waals surface area contributed by atoms with Crippen LogP contribution in [0.5, 0.6) is 11.5 Å². The zero-order valence-electron chi connectivity index (χ0n) is 14.8. The lowest BCUT2D eigenvalue weighted by Crippen LogP contribution is -2.30. The Balaban J connectivity index is 1.73. The molecule has 1 aliphatic heterocycles. The Morgan fingerprint density at radius 1 is 1.15 bits per heavy atom. The molecule has 0 fully saturated rings. The quantitative estimate of drug-likeness (QED) is 0.711. The number of amides is 1. The van der Waals surface area contributed by atoms with E-state index in [-0.39, 0.29) is 17.9 Å². The van der Waals surface area contributed by atoms with Crippen molar-refractivity contribution in [3.8, 4) is 11.5 Å². The number of nitrogens with one attached hydrogen (secondary N) is 1. The number of benzene rings is 1. The van der Waals surface area contributed by atoms with Crippen LogP contribution in [-0.4, -0.2) is 19.1 Å². The summed E-state index contributed by atoms with van der Waals surface area (Å²) in [7, 11) is 0. The SMILES string of the molecule is CC(C)C(NC(=O)/C=C/c1ccc(Br)o1)c1ccc2c(c1)OCCCO2. The van der Waals surface area contributed by atoms with Crippen molar-refractivity contribution >= 4 is 27.9 Å². The predicted molar refractivity (Wildman–Crippen MR) is 103 cm³/mol. The molecule has 2 aromatic rings. The van der Waals surface area contributed by atoms with Crippen LogP contribution in [0.25, 0.3) is 6.08 Å². The summed E-state index contributed by atoms with van der Waals surface area (Å²) >= 11 is 3.24. The lowest BCUT2D eigenvalue weighted by molar-refractivity contribution is -0.117. The van der Waals surface area contributed by atoms with Gasteiger partial charge in [0, 0.05) is 12.5 Å². The normalized spacial score (nSPS) is 15.1. The molecule has 1 atom stereocenters. The van der Waals surface area contributed by atoms with Crippen molar-refractivity contribution in [3.63, 3.8) is 0 Å². The van der Waals surface area contributed by atoms with Crippen LogP contribution in [0.4, 0.5) is 0 Å². The highest BCUT2D eigenvalue weighted by atomic mass is 79.9. The number of fused-ring (bicyclic) bond motifs is 1. The fourth-order valence-corrected chi connectivity index (χ4v) is 3.10. The maximum Gasteiger partial charge on any atom is 0.244 e. The van der Waals surface area contributed by atoms with E-state index in [1.54, 1.807) is 18.2 Å². The molecule has 1 aromatic carbocycles. The minimum absolute atomic E-state index is 0.132. The van der Waals surface area contributed by atoms with Crippen molar-refractivity contribution in [3.05, 3.63) is 52.4 Å².